The molecule has 1 heterocycles. The van der Waals surface area contributed by atoms with Crippen LogP contribution >= 0.6 is 0 Å². The first-order valence-electron chi connectivity index (χ1n) is 9.12. The van der Waals surface area contributed by atoms with Crippen LogP contribution in [-0.4, -0.2) is 28.6 Å². The monoisotopic (exact) mass is 363 g/mol. The summed E-state index contributed by atoms with van der Waals surface area (Å²) in [5.74, 6) is 1.57. The highest BCUT2D eigenvalue weighted by atomic mass is 16.5. The zero-order chi connectivity index (χ0) is 19.1. The Kier molecular flexibility index (Phi) is 6.26. The van der Waals surface area contributed by atoms with E-state index in [0.717, 1.165) is 23.7 Å². The summed E-state index contributed by atoms with van der Waals surface area (Å²) in [6.45, 7) is 5.33. The predicted octanol–water partition coefficient (Wildman–Crippen LogP) is 3.29. The molecule has 3 aromatic rings. The van der Waals surface area contributed by atoms with Crippen molar-refractivity contribution in [3.05, 3.63) is 83.4 Å². The second-order valence-electron chi connectivity index (χ2n) is 6.61. The second kappa shape index (κ2) is 9.03. The van der Waals surface area contributed by atoms with Gasteiger partial charge in [0.15, 0.2) is 6.61 Å². The molecule has 0 radical (unpaired) electrons. The Bertz CT molecular complexity index is 888. The molecular weight excluding hydrogens is 338 g/mol. The molecule has 0 atom stereocenters. The van der Waals surface area contributed by atoms with Crippen LogP contribution < -0.4 is 10.1 Å². The molecule has 0 aliphatic rings. The molecule has 140 valence electrons. The molecule has 0 saturated heterocycles. The highest BCUT2D eigenvalue weighted by Crippen LogP contribution is 2.18. The molecule has 1 aromatic heterocycles. The third-order valence-electron chi connectivity index (χ3n) is 4.36. The number of benzene rings is 2. The van der Waals surface area contributed by atoms with Crippen LogP contribution in [0.3, 0.4) is 0 Å². The Labute approximate surface area is 160 Å². The Morgan fingerprint density at radius 1 is 1.15 bits per heavy atom. The van der Waals surface area contributed by atoms with E-state index in [2.05, 4.69) is 27.0 Å². The van der Waals surface area contributed by atoms with Gasteiger partial charge in [0.05, 0.1) is 0 Å². The topological polar surface area (TPSA) is 56.1 Å². The number of carbonyl (C=O) groups is 1. The van der Waals surface area contributed by atoms with Gasteiger partial charge in [-0.05, 0) is 31.0 Å². The summed E-state index contributed by atoms with van der Waals surface area (Å²) in [6.07, 6.45) is 4.44. The quantitative estimate of drug-likeness (QED) is 0.668. The summed E-state index contributed by atoms with van der Waals surface area (Å²) >= 11 is 0. The molecule has 0 spiro atoms. The Hall–Kier alpha value is -3.08. The van der Waals surface area contributed by atoms with Crippen molar-refractivity contribution in [2.45, 2.75) is 26.8 Å². The summed E-state index contributed by atoms with van der Waals surface area (Å²) in [6, 6.07) is 16.2. The van der Waals surface area contributed by atoms with Crippen molar-refractivity contribution in [1.82, 2.24) is 14.9 Å². The van der Waals surface area contributed by atoms with E-state index in [1.165, 1.54) is 11.1 Å². The van der Waals surface area contributed by atoms with E-state index < -0.39 is 0 Å². The van der Waals surface area contributed by atoms with Crippen molar-refractivity contribution >= 4 is 5.91 Å². The molecule has 1 N–H and O–H groups in total. The van der Waals surface area contributed by atoms with Crippen molar-refractivity contribution < 1.29 is 9.53 Å². The van der Waals surface area contributed by atoms with Gasteiger partial charge in [-0.1, -0.05) is 48.0 Å². The minimum atomic E-state index is -0.129. The number of amides is 1. The van der Waals surface area contributed by atoms with Crippen molar-refractivity contribution in [3.63, 3.8) is 0 Å². The van der Waals surface area contributed by atoms with Gasteiger partial charge < -0.3 is 14.6 Å². The third-order valence-corrected chi connectivity index (χ3v) is 4.36. The smallest absolute Gasteiger partial charge is 0.257 e. The van der Waals surface area contributed by atoms with Crippen LogP contribution in [0.15, 0.2) is 60.9 Å². The molecule has 3 rings (SSSR count). The number of aromatic nitrogens is 2. The molecular formula is C22H25N3O2. The largest absolute Gasteiger partial charge is 0.484 e. The van der Waals surface area contributed by atoms with E-state index in [1.54, 1.807) is 6.20 Å². The first-order chi connectivity index (χ1) is 13.1. The molecule has 27 heavy (non-hydrogen) atoms. The molecule has 2 aromatic carbocycles. The van der Waals surface area contributed by atoms with Gasteiger partial charge in [0, 0.05) is 31.9 Å². The van der Waals surface area contributed by atoms with Crippen LogP contribution in [0.25, 0.3) is 0 Å². The number of ether oxygens (including phenoxy) is 1. The van der Waals surface area contributed by atoms with E-state index in [1.807, 2.05) is 56.4 Å². The minimum Gasteiger partial charge on any atom is -0.484 e. The average molecular weight is 363 g/mol. The standard InChI is InChI=1S/C22H25N3O2/c1-17-8-9-20(18(2)14-17)27-16-22(26)24-11-10-21-23-12-13-25(21)15-19-6-4-3-5-7-19/h3-9,12-14H,10-11,15-16H2,1-2H3,(H,24,26). The fraction of sp³-hybridized carbons (Fsp3) is 0.273. The summed E-state index contributed by atoms with van der Waals surface area (Å²) in [7, 11) is 0. The number of hydrogen-bond donors (Lipinski definition) is 1. The Morgan fingerprint density at radius 2 is 1.96 bits per heavy atom. The molecule has 5 nitrogen and oxygen atoms in total. The van der Waals surface area contributed by atoms with Crippen molar-refractivity contribution in [1.29, 1.82) is 0 Å². The molecule has 0 fully saturated rings. The summed E-state index contributed by atoms with van der Waals surface area (Å²) in [5, 5.41) is 2.90. The first kappa shape index (κ1) is 18.7. The lowest BCUT2D eigenvalue weighted by Crippen LogP contribution is -2.31. The first-order valence-corrected chi connectivity index (χ1v) is 9.12. The summed E-state index contributed by atoms with van der Waals surface area (Å²) < 4.78 is 7.72. The number of nitrogens with one attached hydrogen (secondary N) is 1. The molecule has 0 saturated carbocycles. The van der Waals surface area contributed by atoms with Gasteiger partial charge in [0.2, 0.25) is 0 Å². The van der Waals surface area contributed by atoms with E-state index in [0.29, 0.717) is 13.0 Å². The lowest BCUT2D eigenvalue weighted by molar-refractivity contribution is -0.123. The second-order valence-corrected chi connectivity index (χ2v) is 6.61. The van der Waals surface area contributed by atoms with Crippen LogP contribution in [0.2, 0.25) is 0 Å². The van der Waals surface area contributed by atoms with Gasteiger partial charge in [-0.3, -0.25) is 4.79 Å². The number of carbonyl (C=O) groups excluding carboxylic acids is 1. The van der Waals surface area contributed by atoms with Gasteiger partial charge in [-0.2, -0.15) is 0 Å². The zero-order valence-corrected chi connectivity index (χ0v) is 15.8. The highest BCUT2D eigenvalue weighted by Gasteiger charge is 2.07. The molecule has 0 aliphatic carbocycles. The fourth-order valence-corrected chi connectivity index (χ4v) is 2.96. The molecule has 0 bridgehead atoms. The van der Waals surface area contributed by atoms with Gasteiger partial charge in [-0.15, -0.1) is 0 Å². The van der Waals surface area contributed by atoms with Crippen molar-refractivity contribution in [2.75, 3.05) is 13.2 Å². The number of rotatable bonds is 8. The number of hydrogen-bond acceptors (Lipinski definition) is 3. The lowest BCUT2D eigenvalue weighted by Gasteiger charge is -2.11. The zero-order valence-electron chi connectivity index (χ0n) is 15.8. The average Bonchev–Trinajstić information content (AvgIpc) is 3.09. The van der Waals surface area contributed by atoms with Gasteiger partial charge in [-0.25, -0.2) is 4.98 Å². The third kappa shape index (κ3) is 5.45. The van der Waals surface area contributed by atoms with Crippen LogP contribution in [0, 0.1) is 13.8 Å². The van der Waals surface area contributed by atoms with E-state index in [-0.39, 0.29) is 12.5 Å². The van der Waals surface area contributed by atoms with Crippen LogP contribution in [-0.2, 0) is 17.8 Å². The summed E-state index contributed by atoms with van der Waals surface area (Å²) in [5.41, 5.74) is 3.43. The predicted molar refractivity (Wildman–Crippen MR) is 106 cm³/mol. The number of nitrogens with zero attached hydrogens (tertiary/aromatic N) is 2. The van der Waals surface area contributed by atoms with Crippen molar-refractivity contribution in [3.8, 4) is 5.75 Å². The maximum absolute atomic E-state index is 12.0. The van der Waals surface area contributed by atoms with Crippen LogP contribution in [0.1, 0.15) is 22.5 Å². The fourth-order valence-electron chi connectivity index (χ4n) is 2.96. The minimum absolute atomic E-state index is 0.0162. The van der Waals surface area contributed by atoms with E-state index in [4.69, 9.17) is 4.74 Å². The Morgan fingerprint density at radius 3 is 2.74 bits per heavy atom. The van der Waals surface area contributed by atoms with Gasteiger partial charge >= 0.3 is 0 Å². The maximum atomic E-state index is 12.0. The molecule has 0 unspecified atom stereocenters. The normalized spacial score (nSPS) is 10.6. The van der Waals surface area contributed by atoms with E-state index >= 15 is 0 Å². The Balaban J connectivity index is 1.44. The van der Waals surface area contributed by atoms with Crippen molar-refractivity contribution in [2.24, 2.45) is 0 Å². The lowest BCUT2D eigenvalue weighted by atomic mass is 10.1. The highest BCUT2D eigenvalue weighted by molar-refractivity contribution is 5.77. The SMILES string of the molecule is Cc1ccc(OCC(=O)NCCc2nccn2Cc2ccccc2)c(C)c1. The molecule has 5 heteroatoms. The van der Waals surface area contributed by atoms with Gasteiger partial charge in [0.1, 0.15) is 11.6 Å². The summed E-state index contributed by atoms with van der Waals surface area (Å²) in [4.78, 5) is 16.4. The molecule has 0 aliphatic heterocycles. The van der Waals surface area contributed by atoms with E-state index in [9.17, 15) is 4.79 Å². The van der Waals surface area contributed by atoms with Gasteiger partial charge in [0.25, 0.3) is 5.91 Å². The van der Waals surface area contributed by atoms with Crippen LogP contribution in [0.4, 0.5) is 0 Å². The maximum Gasteiger partial charge on any atom is 0.257 e. The van der Waals surface area contributed by atoms with Crippen LogP contribution in [0.5, 0.6) is 5.75 Å². The number of aryl methyl sites for hydroxylation is 2. The number of imidazole rings is 1. The molecule has 1 amide bonds.